The van der Waals surface area contributed by atoms with Gasteiger partial charge in [0.2, 0.25) is 0 Å². The summed E-state index contributed by atoms with van der Waals surface area (Å²) in [4.78, 5) is 2.44. The van der Waals surface area contributed by atoms with Gasteiger partial charge in [0.25, 0.3) is 0 Å². The maximum atomic E-state index is 11.9. The molecule has 23 heavy (non-hydrogen) atoms. The van der Waals surface area contributed by atoms with Gasteiger partial charge in [0.15, 0.2) is 0 Å². The maximum absolute atomic E-state index is 11.9. The second-order valence-electron chi connectivity index (χ2n) is 7.07. The highest BCUT2D eigenvalue weighted by atomic mass is 32.2. The fraction of sp³-hybridized carbons (Fsp3) is 0.611. The molecule has 0 spiro atoms. The summed E-state index contributed by atoms with van der Waals surface area (Å²) in [5.41, 5.74) is 2.34. The van der Waals surface area contributed by atoms with Gasteiger partial charge in [0.05, 0.1) is 23.1 Å². The second kappa shape index (κ2) is 8.05. The monoisotopic (exact) mass is 333 g/mol. The zero-order valence-electron chi connectivity index (χ0n) is 14.3. The third-order valence-electron chi connectivity index (χ3n) is 4.55. The van der Waals surface area contributed by atoms with E-state index < -0.39 is 11.4 Å². The van der Waals surface area contributed by atoms with E-state index in [0.29, 0.717) is 6.42 Å². The lowest BCUT2D eigenvalue weighted by molar-refractivity contribution is 0.116. The van der Waals surface area contributed by atoms with Crippen molar-refractivity contribution in [1.82, 2.24) is 4.90 Å². The Balaban J connectivity index is 1.90. The van der Waals surface area contributed by atoms with Gasteiger partial charge in [-0.05, 0) is 62.9 Å². The average Bonchev–Trinajstić information content (AvgIpc) is 2.50. The summed E-state index contributed by atoms with van der Waals surface area (Å²) in [5.74, 6) is 0. The number of benzene rings is 1. The van der Waals surface area contributed by atoms with Gasteiger partial charge < -0.3 is 4.55 Å². The van der Waals surface area contributed by atoms with Crippen molar-refractivity contribution in [2.75, 3.05) is 17.8 Å². The number of nitrogens with zero attached hydrogens (tertiary/aromatic N) is 2. The minimum absolute atomic E-state index is 0.0959. The van der Waals surface area contributed by atoms with Crippen LogP contribution in [0, 0.1) is 16.7 Å². The Labute approximate surface area is 143 Å². The van der Waals surface area contributed by atoms with Gasteiger partial charge in [0, 0.05) is 13.0 Å². The first-order valence-electron chi connectivity index (χ1n) is 8.27. The zero-order valence-corrected chi connectivity index (χ0v) is 15.2. The third kappa shape index (κ3) is 5.42. The van der Waals surface area contributed by atoms with Gasteiger partial charge in [-0.15, -0.1) is 0 Å². The number of anilines is 1. The molecule has 2 rings (SSSR count). The van der Waals surface area contributed by atoms with E-state index in [9.17, 15) is 4.55 Å². The Hall–Kier alpha value is -1.22. The first-order chi connectivity index (χ1) is 10.9. The largest absolute Gasteiger partial charge is 0.593 e. The number of hydrogen-bond acceptors (Lipinski definition) is 4. The van der Waals surface area contributed by atoms with Gasteiger partial charge in [-0.25, -0.2) is 4.72 Å². The molecule has 1 heterocycles. The predicted octanol–water partition coefficient (Wildman–Crippen LogP) is 3.69. The van der Waals surface area contributed by atoms with Gasteiger partial charge in [0.1, 0.15) is 5.25 Å². The number of rotatable bonds is 6. The Morgan fingerprint density at radius 1 is 1.39 bits per heavy atom. The minimum Gasteiger partial charge on any atom is -0.593 e. The fourth-order valence-corrected chi connectivity index (χ4v) is 3.44. The molecule has 0 bridgehead atoms. The molecule has 1 aromatic rings. The molecule has 1 atom stereocenters. The second-order valence-corrected chi connectivity index (χ2v) is 8.81. The van der Waals surface area contributed by atoms with E-state index in [-0.39, 0.29) is 10.7 Å². The van der Waals surface area contributed by atoms with Crippen molar-refractivity contribution in [3.8, 4) is 6.07 Å². The van der Waals surface area contributed by atoms with E-state index in [4.69, 9.17) is 5.26 Å². The highest BCUT2D eigenvalue weighted by Gasteiger charge is 2.29. The molecule has 5 heteroatoms. The fourth-order valence-electron chi connectivity index (χ4n) is 2.84. The Bertz CT molecular complexity index is 547. The van der Waals surface area contributed by atoms with Crippen molar-refractivity contribution in [2.24, 2.45) is 5.41 Å². The van der Waals surface area contributed by atoms with Crippen molar-refractivity contribution < 1.29 is 4.55 Å². The van der Waals surface area contributed by atoms with Crippen molar-refractivity contribution >= 4 is 17.0 Å². The van der Waals surface area contributed by atoms with Crippen LogP contribution in [0.1, 0.15) is 45.6 Å². The molecule has 1 aromatic carbocycles. The molecule has 1 aliphatic rings. The number of piperidine rings is 1. The summed E-state index contributed by atoms with van der Waals surface area (Å²) in [6.45, 7) is 9.09. The van der Waals surface area contributed by atoms with E-state index in [1.54, 1.807) is 0 Å². The van der Waals surface area contributed by atoms with E-state index in [1.165, 1.54) is 5.56 Å². The molecule has 1 fully saturated rings. The summed E-state index contributed by atoms with van der Waals surface area (Å²) < 4.78 is 15.0. The van der Waals surface area contributed by atoms with Crippen LogP contribution in [0.5, 0.6) is 0 Å². The van der Waals surface area contributed by atoms with Crippen LogP contribution in [0.25, 0.3) is 0 Å². The highest BCUT2D eigenvalue weighted by molar-refractivity contribution is 7.93. The number of nitrogens with one attached hydrogen (secondary N) is 1. The molecule has 0 saturated carbocycles. The predicted molar refractivity (Wildman–Crippen MR) is 96.2 cm³/mol. The molecule has 1 unspecified atom stereocenters. The molecule has 0 aliphatic carbocycles. The molecule has 126 valence electrons. The van der Waals surface area contributed by atoms with Crippen LogP contribution in [0.2, 0.25) is 0 Å². The lowest BCUT2D eigenvalue weighted by Crippen LogP contribution is -2.38. The van der Waals surface area contributed by atoms with Gasteiger partial charge in [-0.2, -0.15) is 5.26 Å². The number of likely N-dealkylation sites (tertiary alicyclic amines) is 1. The van der Waals surface area contributed by atoms with Crippen LogP contribution in [0.3, 0.4) is 0 Å². The highest BCUT2D eigenvalue weighted by Crippen LogP contribution is 2.34. The molecule has 1 N–H and O–H groups in total. The normalized spacial score (nSPS) is 19.3. The number of hydrogen-bond donors (Lipinski definition) is 1. The Morgan fingerprint density at radius 3 is 2.70 bits per heavy atom. The summed E-state index contributed by atoms with van der Waals surface area (Å²) >= 11 is -1.04. The molecule has 0 aromatic heterocycles. The maximum Gasteiger partial charge on any atom is 0.135 e. The third-order valence-corrected chi connectivity index (χ3v) is 5.84. The molecule has 0 radical (unpaired) electrons. The van der Waals surface area contributed by atoms with Crippen LogP contribution in [-0.4, -0.2) is 27.8 Å². The zero-order chi connectivity index (χ0) is 16.9. The first kappa shape index (κ1) is 18.1. The molecular weight excluding hydrogens is 306 g/mol. The summed E-state index contributed by atoms with van der Waals surface area (Å²) in [6.07, 6.45) is 2.81. The minimum atomic E-state index is -1.04. The van der Waals surface area contributed by atoms with Gasteiger partial charge >= 0.3 is 0 Å². The van der Waals surface area contributed by atoms with Crippen molar-refractivity contribution in [2.45, 2.75) is 51.8 Å². The van der Waals surface area contributed by atoms with E-state index in [2.05, 4.69) is 34.7 Å². The molecular formula is C18H27N3OS. The lowest BCUT2D eigenvalue weighted by Gasteiger charge is -2.38. The van der Waals surface area contributed by atoms with E-state index in [1.807, 2.05) is 26.0 Å². The van der Waals surface area contributed by atoms with Crippen LogP contribution < -0.4 is 4.72 Å². The smallest absolute Gasteiger partial charge is 0.135 e. The van der Waals surface area contributed by atoms with Gasteiger partial charge in [-0.3, -0.25) is 4.90 Å². The van der Waals surface area contributed by atoms with Crippen molar-refractivity contribution in [3.05, 3.63) is 29.8 Å². The Kier molecular flexibility index (Phi) is 6.34. The number of nitriles is 1. The average molecular weight is 334 g/mol. The van der Waals surface area contributed by atoms with Gasteiger partial charge in [-0.1, -0.05) is 19.1 Å². The molecule has 1 aliphatic heterocycles. The van der Waals surface area contributed by atoms with Crippen molar-refractivity contribution in [3.63, 3.8) is 0 Å². The molecule has 1 saturated heterocycles. The Morgan fingerprint density at radius 2 is 2.09 bits per heavy atom. The standard InChI is InChI=1S/C18H27N3OS/c1-15(2)23(22)20-17-6-4-5-16(13-17)14-21-11-8-18(3,7-10-19)9-12-21/h4-6,13,15,20H,7-9,11-12,14H2,1-3H3. The molecule has 0 amide bonds. The van der Waals surface area contributed by atoms with Crippen molar-refractivity contribution in [1.29, 1.82) is 5.26 Å². The summed E-state index contributed by atoms with van der Waals surface area (Å²) in [7, 11) is 0. The van der Waals surface area contributed by atoms with Crippen LogP contribution >= 0.6 is 0 Å². The van der Waals surface area contributed by atoms with E-state index in [0.717, 1.165) is 38.2 Å². The van der Waals surface area contributed by atoms with Crippen LogP contribution in [0.4, 0.5) is 5.69 Å². The molecule has 4 nitrogen and oxygen atoms in total. The first-order valence-corrected chi connectivity index (χ1v) is 9.49. The summed E-state index contributed by atoms with van der Waals surface area (Å²) in [6, 6.07) is 10.5. The lowest BCUT2D eigenvalue weighted by atomic mass is 9.78. The summed E-state index contributed by atoms with van der Waals surface area (Å²) in [5, 5.41) is 9.03. The quantitative estimate of drug-likeness (QED) is 0.807. The van der Waals surface area contributed by atoms with Crippen LogP contribution in [0.15, 0.2) is 24.3 Å². The topological polar surface area (TPSA) is 62.1 Å². The SMILES string of the molecule is CC(C)[S+]([O-])Nc1cccc(CN2CCC(C)(CC#N)CC2)c1. The van der Waals surface area contributed by atoms with E-state index >= 15 is 0 Å². The van der Waals surface area contributed by atoms with Crippen LogP contribution in [-0.2, 0) is 17.9 Å².